The fraction of sp³-hybridized carbons (Fsp3) is 0.348. The minimum absolute atomic E-state index is 0.122. The van der Waals surface area contributed by atoms with E-state index in [-0.39, 0.29) is 5.70 Å². The Morgan fingerprint density at radius 3 is 2.77 bits per heavy atom. The van der Waals surface area contributed by atoms with E-state index in [9.17, 15) is 9.18 Å². The number of hydrogen-bond donors (Lipinski definition) is 2. The summed E-state index contributed by atoms with van der Waals surface area (Å²) in [5, 5.41) is 4.04. The van der Waals surface area contributed by atoms with Crippen LogP contribution in [0.5, 0.6) is 0 Å². The van der Waals surface area contributed by atoms with Crippen molar-refractivity contribution in [2.24, 2.45) is 5.73 Å². The van der Waals surface area contributed by atoms with Crippen LogP contribution in [0.25, 0.3) is 10.6 Å². The van der Waals surface area contributed by atoms with Gasteiger partial charge in [0, 0.05) is 49.7 Å². The largest absolute Gasteiger partial charge is 0.400 e. The number of likely N-dealkylation sites (N-methyl/N-ethyl adjacent to an activating group) is 1. The van der Waals surface area contributed by atoms with E-state index < -0.39 is 5.83 Å². The van der Waals surface area contributed by atoms with Crippen molar-refractivity contribution in [3.05, 3.63) is 64.9 Å². The van der Waals surface area contributed by atoms with Gasteiger partial charge < -0.3 is 16.0 Å². The molecule has 0 unspecified atom stereocenters. The van der Waals surface area contributed by atoms with Gasteiger partial charge in [-0.3, -0.25) is 4.79 Å². The first-order chi connectivity index (χ1) is 14.8. The molecule has 0 spiro atoms. The molecule has 0 atom stereocenters. The highest BCUT2D eigenvalue weighted by Crippen LogP contribution is 2.28. The molecule has 2 aromatic rings. The maximum Gasteiger partial charge on any atom is 0.161 e. The van der Waals surface area contributed by atoms with Crippen molar-refractivity contribution in [2.75, 3.05) is 25.5 Å². The van der Waals surface area contributed by atoms with E-state index in [1.165, 1.54) is 24.3 Å². The summed E-state index contributed by atoms with van der Waals surface area (Å²) in [5.41, 5.74) is 7.77. The average Bonchev–Trinajstić information content (AvgIpc) is 3.19. The van der Waals surface area contributed by atoms with Crippen molar-refractivity contribution in [2.45, 2.75) is 33.1 Å². The number of carbonyl (C=O) groups excluding carboxylic acids is 1. The van der Waals surface area contributed by atoms with E-state index in [0.717, 1.165) is 47.8 Å². The molecule has 0 saturated carbocycles. The Morgan fingerprint density at radius 2 is 2.16 bits per heavy atom. The van der Waals surface area contributed by atoms with Gasteiger partial charge in [0.25, 0.3) is 0 Å². The van der Waals surface area contributed by atoms with Crippen LogP contribution in [0.3, 0.4) is 0 Å². The van der Waals surface area contributed by atoms with Gasteiger partial charge in [-0.2, -0.15) is 0 Å². The summed E-state index contributed by atoms with van der Waals surface area (Å²) >= 11 is 1.35. The summed E-state index contributed by atoms with van der Waals surface area (Å²) in [6.45, 7) is 9.05. The number of thiazole rings is 1. The lowest BCUT2D eigenvalue weighted by atomic mass is 10.2. The molecular weight excluding hydrogens is 413 g/mol. The molecular formula is C23H30FN5OS. The molecule has 0 amide bonds. The average molecular weight is 444 g/mol. The van der Waals surface area contributed by atoms with Crippen LogP contribution in [0.4, 0.5) is 10.2 Å². The smallest absolute Gasteiger partial charge is 0.161 e. The maximum absolute atomic E-state index is 13.5. The standard InChI is InChI=1S/C23H30FN5OS/c1-5-6-12-26-22-10-8-18(14-27-22)23-28-20(21(15-30)31-23)11-13-29(4)16(2)7-9-19(24)17(3)25/h7-10,14-15H,2,5-6,11-13,25H2,1,3-4H3,(H,26,27)/b9-7-,19-17-. The van der Waals surface area contributed by atoms with Gasteiger partial charge in [0.1, 0.15) is 16.7 Å². The fourth-order valence-electron chi connectivity index (χ4n) is 2.62. The summed E-state index contributed by atoms with van der Waals surface area (Å²) in [6, 6.07) is 3.88. The van der Waals surface area contributed by atoms with E-state index in [1.54, 1.807) is 12.3 Å². The van der Waals surface area contributed by atoms with E-state index in [0.29, 0.717) is 23.5 Å². The molecule has 0 radical (unpaired) electrons. The molecule has 8 heteroatoms. The Kier molecular flexibility index (Phi) is 9.40. The van der Waals surface area contributed by atoms with Crippen LogP contribution in [0.15, 0.2) is 54.3 Å². The van der Waals surface area contributed by atoms with Gasteiger partial charge in [0.2, 0.25) is 0 Å². The minimum Gasteiger partial charge on any atom is -0.400 e. The number of nitrogens with one attached hydrogen (secondary N) is 1. The van der Waals surface area contributed by atoms with E-state index in [4.69, 9.17) is 5.73 Å². The van der Waals surface area contributed by atoms with E-state index in [2.05, 4.69) is 28.8 Å². The third-order valence-electron chi connectivity index (χ3n) is 4.65. The number of aromatic nitrogens is 2. The summed E-state index contributed by atoms with van der Waals surface area (Å²) < 4.78 is 13.5. The molecule has 0 aromatic carbocycles. The molecule has 6 nitrogen and oxygen atoms in total. The van der Waals surface area contributed by atoms with Crippen LogP contribution in [0.1, 0.15) is 42.1 Å². The molecule has 0 bridgehead atoms. The molecule has 2 aromatic heterocycles. The van der Waals surface area contributed by atoms with Crippen molar-refractivity contribution in [1.82, 2.24) is 14.9 Å². The second kappa shape index (κ2) is 12.0. The number of pyridine rings is 1. The van der Waals surface area contributed by atoms with Crippen molar-refractivity contribution >= 4 is 23.4 Å². The van der Waals surface area contributed by atoms with Gasteiger partial charge in [-0.05, 0) is 37.6 Å². The second-order valence-electron chi connectivity index (χ2n) is 7.19. The zero-order valence-corrected chi connectivity index (χ0v) is 19.1. The topological polar surface area (TPSA) is 84.1 Å². The SMILES string of the molecule is C=C(/C=C\C(F)=C(/C)N)N(C)CCc1nc(-c2ccc(NCCCC)nc2)sc1C=O. The third-order valence-corrected chi connectivity index (χ3v) is 5.73. The molecule has 2 heterocycles. The monoisotopic (exact) mass is 443 g/mol. The van der Waals surface area contributed by atoms with Crippen LogP contribution in [0.2, 0.25) is 0 Å². The van der Waals surface area contributed by atoms with E-state index >= 15 is 0 Å². The Labute approximate surface area is 187 Å². The Morgan fingerprint density at radius 1 is 1.39 bits per heavy atom. The van der Waals surface area contributed by atoms with Crippen molar-refractivity contribution in [3.63, 3.8) is 0 Å². The van der Waals surface area contributed by atoms with Crippen LogP contribution >= 0.6 is 11.3 Å². The van der Waals surface area contributed by atoms with E-state index in [1.807, 2.05) is 24.1 Å². The minimum atomic E-state index is -0.484. The lowest BCUT2D eigenvalue weighted by Crippen LogP contribution is -2.19. The molecule has 0 fully saturated rings. The number of nitrogens with zero attached hydrogens (tertiary/aromatic N) is 3. The number of rotatable bonds is 12. The second-order valence-corrected chi connectivity index (χ2v) is 8.22. The highest BCUT2D eigenvalue weighted by molar-refractivity contribution is 7.16. The summed E-state index contributed by atoms with van der Waals surface area (Å²) in [7, 11) is 1.85. The van der Waals surface area contributed by atoms with Crippen LogP contribution in [-0.2, 0) is 6.42 Å². The molecule has 3 N–H and O–H groups in total. The van der Waals surface area contributed by atoms with Crippen LogP contribution in [-0.4, -0.2) is 41.3 Å². The van der Waals surface area contributed by atoms with Crippen molar-refractivity contribution < 1.29 is 9.18 Å². The Balaban J connectivity index is 2.03. The number of hydrogen-bond acceptors (Lipinski definition) is 7. The number of nitrogens with two attached hydrogens (primary N) is 1. The Hall–Kier alpha value is -3.00. The molecule has 0 aliphatic carbocycles. The quantitative estimate of drug-likeness (QED) is 0.275. The van der Waals surface area contributed by atoms with Crippen molar-refractivity contribution in [3.8, 4) is 10.6 Å². The number of carbonyl (C=O) groups is 1. The van der Waals surface area contributed by atoms with Gasteiger partial charge >= 0.3 is 0 Å². The van der Waals surface area contributed by atoms with Crippen molar-refractivity contribution in [1.29, 1.82) is 0 Å². The molecule has 0 aliphatic rings. The lowest BCUT2D eigenvalue weighted by molar-refractivity contribution is 0.112. The fourth-order valence-corrected chi connectivity index (χ4v) is 3.54. The third kappa shape index (κ3) is 7.32. The zero-order valence-electron chi connectivity index (χ0n) is 18.3. The highest BCUT2D eigenvalue weighted by Gasteiger charge is 2.13. The lowest BCUT2D eigenvalue weighted by Gasteiger charge is -2.18. The zero-order chi connectivity index (χ0) is 22.8. The first kappa shape index (κ1) is 24.3. The maximum atomic E-state index is 13.5. The Bertz CT molecular complexity index is 945. The number of aldehydes is 1. The molecule has 0 saturated heterocycles. The predicted molar refractivity (Wildman–Crippen MR) is 127 cm³/mol. The van der Waals surface area contributed by atoms with Gasteiger partial charge in [0.15, 0.2) is 6.29 Å². The number of unbranched alkanes of at least 4 members (excludes halogenated alkanes) is 1. The normalized spacial score (nSPS) is 12.0. The van der Waals surface area contributed by atoms with Gasteiger partial charge in [-0.15, -0.1) is 11.3 Å². The van der Waals surface area contributed by atoms with Gasteiger partial charge in [-0.25, -0.2) is 14.4 Å². The number of halogens is 1. The van der Waals surface area contributed by atoms with Crippen LogP contribution in [0, 0.1) is 0 Å². The summed E-state index contributed by atoms with van der Waals surface area (Å²) in [5.74, 6) is 0.344. The van der Waals surface area contributed by atoms with Gasteiger partial charge in [-0.1, -0.05) is 19.9 Å². The molecule has 0 aliphatic heterocycles. The predicted octanol–water partition coefficient (Wildman–Crippen LogP) is 4.93. The first-order valence-electron chi connectivity index (χ1n) is 10.2. The number of anilines is 1. The molecule has 2 rings (SSSR count). The highest BCUT2D eigenvalue weighted by atomic mass is 32.1. The van der Waals surface area contributed by atoms with Gasteiger partial charge in [0.05, 0.1) is 10.6 Å². The summed E-state index contributed by atoms with van der Waals surface area (Å²) in [6.07, 6.45) is 8.25. The molecule has 31 heavy (non-hydrogen) atoms. The number of allylic oxidation sites excluding steroid dienone is 4. The molecule has 166 valence electrons. The first-order valence-corrected chi connectivity index (χ1v) is 11.0. The summed E-state index contributed by atoms with van der Waals surface area (Å²) in [4.78, 5) is 23.1. The van der Waals surface area contributed by atoms with Crippen LogP contribution < -0.4 is 11.1 Å².